The van der Waals surface area contributed by atoms with Crippen molar-refractivity contribution in [2.24, 2.45) is 0 Å². The summed E-state index contributed by atoms with van der Waals surface area (Å²) in [6.45, 7) is 0. The van der Waals surface area contributed by atoms with Crippen molar-refractivity contribution in [2.75, 3.05) is 0 Å². The summed E-state index contributed by atoms with van der Waals surface area (Å²) in [6, 6.07) is 57.8. The Balaban J connectivity index is 1.09. The highest BCUT2D eigenvalue weighted by molar-refractivity contribution is 6.40. The average molecular weight is 809 g/mol. The fourth-order valence-corrected chi connectivity index (χ4v) is 10.1. The number of nitrogens with zero attached hydrogens (tertiary/aromatic N) is 4. The SMILES string of the molecule is c1ccc2c(c1)oc1cc(-c3nc(-c4ccc5c(c4)oc4ccccc45)nc(-n4c5ccccc5c5c6oc7ccccc7c6c6c(ccc7oc8ccccc8c76)c54)n3)ccc12. The van der Waals surface area contributed by atoms with Crippen molar-refractivity contribution < 1.29 is 17.7 Å². The van der Waals surface area contributed by atoms with E-state index >= 15 is 0 Å². The Labute approximate surface area is 354 Å². The molecule has 0 aliphatic rings. The second-order valence-electron chi connectivity index (χ2n) is 16.2. The van der Waals surface area contributed by atoms with Crippen molar-refractivity contribution in [1.82, 2.24) is 19.5 Å². The first-order chi connectivity index (χ1) is 31.2. The summed E-state index contributed by atoms with van der Waals surface area (Å²) in [5.74, 6) is 1.47. The fraction of sp³-hybridized carbons (Fsp3) is 0. The number of rotatable bonds is 3. The molecule has 0 bridgehead atoms. The van der Waals surface area contributed by atoms with Gasteiger partial charge < -0.3 is 17.7 Å². The van der Waals surface area contributed by atoms with E-state index in [1.807, 2.05) is 72.8 Å². The molecule has 63 heavy (non-hydrogen) atoms. The Hall–Kier alpha value is -8.75. The molecule has 0 fully saturated rings. The number of hydrogen-bond donors (Lipinski definition) is 0. The highest BCUT2D eigenvalue weighted by Gasteiger charge is 2.27. The van der Waals surface area contributed by atoms with Gasteiger partial charge in [-0.2, -0.15) is 9.97 Å². The van der Waals surface area contributed by atoms with Gasteiger partial charge in [-0.3, -0.25) is 4.57 Å². The molecule has 0 radical (unpaired) electrons. The van der Waals surface area contributed by atoms with Crippen molar-refractivity contribution in [3.63, 3.8) is 0 Å². The first-order valence-electron chi connectivity index (χ1n) is 20.9. The van der Waals surface area contributed by atoms with Gasteiger partial charge >= 0.3 is 0 Å². The first-order valence-corrected chi connectivity index (χ1v) is 20.9. The minimum Gasteiger partial charge on any atom is -0.456 e. The van der Waals surface area contributed by atoms with Crippen LogP contribution in [0.1, 0.15) is 0 Å². The molecule has 6 aromatic heterocycles. The lowest BCUT2D eigenvalue weighted by Crippen LogP contribution is -2.06. The lowest BCUT2D eigenvalue weighted by Gasteiger charge is -2.12. The van der Waals surface area contributed by atoms with Gasteiger partial charge in [-0.05, 0) is 66.7 Å². The predicted octanol–water partition coefficient (Wildman–Crippen LogP) is 15.1. The van der Waals surface area contributed by atoms with Gasteiger partial charge in [-0.1, -0.05) is 103 Å². The third-order valence-corrected chi connectivity index (χ3v) is 12.8. The van der Waals surface area contributed by atoms with Gasteiger partial charge in [0.15, 0.2) is 11.6 Å². The Morgan fingerprint density at radius 3 is 1.43 bits per heavy atom. The molecule has 0 N–H and O–H groups in total. The zero-order chi connectivity index (χ0) is 40.9. The summed E-state index contributed by atoms with van der Waals surface area (Å²) in [4.78, 5) is 16.0. The molecular weight excluding hydrogens is 781 g/mol. The van der Waals surface area contributed by atoms with Crippen LogP contribution in [0.2, 0.25) is 0 Å². The van der Waals surface area contributed by atoms with Crippen LogP contribution in [0.5, 0.6) is 0 Å². The molecule has 8 heteroatoms. The number of benzene rings is 9. The van der Waals surface area contributed by atoms with Crippen LogP contribution >= 0.6 is 0 Å². The van der Waals surface area contributed by atoms with Gasteiger partial charge in [0.25, 0.3) is 0 Å². The fourth-order valence-electron chi connectivity index (χ4n) is 10.1. The van der Waals surface area contributed by atoms with Crippen molar-refractivity contribution in [3.8, 4) is 28.7 Å². The molecule has 0 saturated heterocycles. The van der Waals surface area contributed by atoms with Crippen LogP contribution < -0.4 is 0 Å². The summed E-state index contributed by atoms with van der Waals surface area (Å²) < 4.78 is 28.5. The first kappa shape index (κ1) is 33.0. The Morgan fingerprint density at radius 1 is 0.317 bits per heavy atom. The van der Waals surface area contributed by atoms with Crippen LogP contribution in [-0.2, 0) is 0 Å². The third-order valence-electron chi connectivity index (χ3n) is 12.8. The minimum absolute atomic E-state index is 0.463. The van der Waals surface area contributed by atoms with E-state index in [0.717, 1.165) is 131 Å². The molecule has 9 aromatic carbocycles. The van der Waals surface area contributed by atoms with Crippen LogP contribution in [0.15, 0.2) is 188 Å². The summed E-state index contributed by atoms with van der Waals surface area (Å²) in [5.41, 5.74) is 9.88. The smallest absolute Gasteiger partial charge is 0.238 e. The monoisotopic (exact) mass is 808 g/mol. The van der Waals surface area contributed by atoms with Gasteiger partial charge in [0.05, 0.1) is 16.4 Å². The number of hydrogen-bond acceptors (Lipinski definition) is 7. The van der Waals surface area contributed by atoms with Gasteiger partial charge in [-0.15, -0.1) is 0 Å². The normalized spacial score (nSPS) is 12.4. The van der Waals surface area contributed by atoms with Crippen molar-refractivity contribution in [2.45, 2.75) is 0 Å². The van der Waals surface area contributed by atoms with E-state index in [4.69, 9.17) is 32.6 Å². The second-order valence-corrected chi connectivity index (χ2v) is 16.2. The maximum absolute atomic E-state index is 6.97. The number of aromatic nitrogens is 4. The number of furan rings is 4. The number of para-hydroxylation sites is 5. The molecule has 0 spiro atoms. The molecule has 0 unspecified atom stereocenters. The van der Waals surface area contributed by atoms with E-state index in [0.29, 0.717) is 17.6 Å². The van der Waals surface area contributed by atoms with E-state index < -0.39 is 0 Å². The summed E-state index contributed by atoms with van der Waals surface area (Å²) >= 11 is 0. The van der Waals surface area contributed by atoms with Crippen molar-refractivity contribution in [1.29, 1.82) is 0 Å². The van der Waals surface area contributed by atoms with E-state index in [1.165, 1.54) is 0 Å². The molecule has 0 aliphatic heterocycles. The minimum atomic E-state index is 0.463. The molecule has 0 amide bonds. The zero-order valence-electron chi connectivity index (χ0n) is 33.1. The maximum Gasteiger partial charge on any atom is 0.238 e. The molecule has 0 aliphatic carbocycles. The summed E-state index contributed by atoms with van der Waals surface area (Å²) in [7, 11) is 0. The maximum atomic E-state index is 6.97. The third kappa shape index (κ3) is 4.45. The molecule has 6 heterocycles. The van der Waals surface area contributed by atoms with E-state index in [2.05, 4.69) is 102 Å². The van der Waals surface area contributed by atoms with Gasteiger partial charge in [0.2, 0.25) is 5.95 Å². The molecular formula is C55H28N4O4. The molecule has 8 nitrogen and oxygen atoms in total. The van der Waals surface area contributed by atoms with Crippen LogP contribution in [-0.4, -0.2) is 19.5 Å². The predicted molar refractivity (Wildman–Crippen MR) is 252 cm³/mol. The Bertz CT molecular complexity index is 4330. The molecule has 15 aromatic rings. The Morgan fingerprint density at radius 2 is 0.794 bits per heavy atom. The van der Waals surface area contributed by atoms with E-state index in [-0.39, 0.29) is 0 Å². The highest BCUT2D eigenvalue weighted by Crippen LogP contribution is 2.49. The topological polar surface area (TPSA) is 96.2 Å². The second kappa shape index (κ2) is 12.0. The van der Waals surface area contributed by atoms with Crippen LogP contribution in [0.4, 0.5) is 0 Å². The average Bonchev–Trinajstić information content (AvgIpc) is 4.16. The van der Waals surface area contributed by atoms with Crippen molar-refractivity contribution in [3.05, 3.63) is 170 Å². The zero-order valence-corrected chi connectivity index (χ0v) is 33.1. The van der Waals surface area contributed by atoms with E-state index in [9.17, 15) is 0 Å². The Kier molecular flexibility index (Phi) is 6.27. The lowest BCUT2D eigenvalue weighted by atomic mass is 9.96. The molecule has 292 valence electrons. The summed E-state index contributed by atoms with van der Waals surface area (Å²) in [5, 5.41) is 12.4. The van der Waals surface area contributed by atoms with Crippen molar-refractivity contribution >= 4 is 120 Å². The van der Waals surface area contributed by atoms with Crippen LogP contribution in [0.25, 0.3) is 149 Å². The quantitative estimate of drug-likeness (QED) is 0.175. The van der Waals surface area contributed by atoms with Gasteiger partial charge in [0.1, 0.15) is 44.7 Å². The lowest BCUT2D eigenvalue weighted by molar-refractivity contribution is 0.668. The van der Waals surface area contributed by atoms with E-state index in [1.54, 1.807) is 0 Å². The standard InChI is InChI=1S/C55H28N4O4/c1-6-16-39-35(13-1)50-51(38-25-26-44-47(36-14-4-9-19-42(36)60-44)48(38)49-37-15-5-10-20-43(37)63-52(49)50)59(39)55-57-53(29-21-23-33-31-11-2-7-17-40(31)61-45(33)27-29)56-54(58-55)30-22-24-34-32-12-3-8-18-41(32)62-46(34)28-30/h1-28H. The van der Waals surface area contributed by atoms with Gasteiger partial charge in [-0.25, -0.2) is 4.98 Å². The van der Waals surface area contributed by atoms with Crippen LogP contribution in [0.3, 0.4) is 0 Å². The number of fused-ring (bicyclic) bond motifs is 20. The largest absolute Gasteiger partial charge is 0.456 e. The summed E-state index contributed by atoms with van der Waals surface area (Å²) in [6.07, 6.45) is 0. The molecule has 0 atom stereocenters. The molecule has 15 rings (SSSR count). The highest BCUT2D eigenvalue weighted by atomic mass is 16.3. The van der Waals surface area contributed by atoms with Gasteiger partial charge in [0, 0.05) is 70.4 Å². The molecule has 0 saturated carbocycles. The van der Waals surface area contributed by atoms with Crippen LogP contribution in [0, 0.1) is 0 Å².